The van der Waals surface area contributed by atoms with Crippen molar-refractivity contribution >= 4 is 17.0 Å². The van der Waals surface area contributed by atoms with E-state index in [9.17, 15) is 10.0 Å². The average Bonchev–Trinajstić information content (AvgIpc) is 2.71. The molecule has 1 aromatic heterocycles. The second-order valence-corrected chi connectivity index (χ2v) is 3.26. The number of fused-ring (bicyclic) bond motifs is 1. The molecule has 0 spiro atoms. The van der Waals surface area contributed by atoms with Crippen LogP contribution in [0.15, 0.2) is 22.8 Å². The summed E-state index contributed by atoms with van der Waals surface area (Å²) in [6.45, 7) is 0.506. The van der Waals surface area contributed by atoms with Crippen LogP contribution in [0.3, 0.4) is 0 Å². The molecule has 1 aromatic carbocycles. The van der Waals surface area contributed by atoms with Crippen molar-refractivity contribution in [1.82, 2.24) is 5.16 Å². The lowest BCUT2D eigenvalue weighted by Crippen LogP contribution is -2.22. The molecule has 0 unspecified atom stereocenters. The third-order valence-corrected chi connectivity index (χ3v) is 2.14. The van der Waals surface area contributed by atoms with Gasteiger partial charge in [-0.25, -0.2) is 4.79 Å². The quantitative estimate of drug-likeness (QED) is 0.431. The van der Waals surface area contributed by atoms with Gasteiger partial charge in [0.05, 0.1) is 12.2 Å². The van der Waals surface area contributed by atoms with Crippen molar-refractivity contribution in [1.29, 1.82) is 0 Å². The number of carbonyl (C=O) groups excluding carboxylic acids is 1. The van der Waals surface area contributed by atoms with Gasteiger partial charge in [0.1, 0.15) is 6.61 Å². The Morgan fingerprint density at radius 3 is 3.12 bits per heavy atom. The normalized spacial score (nSPS) is 10.6. The van der Waals surface area contributed by atoms with Crippen LogP contribution >= 0.6 is 0 Å². The standard InChI is InChI=1S/C10H10N2O5/c1-15-4-5-16-10(13)7-2-3-9-8(6-7)11-17-12(9)14/h2-3,6H,4-5H2,1H3. The van der Waals surface area contributed by atoms with Crippen LogP contribution < -0.4 is 4.90 Å². The van der Waals surface area contributed by atoms with Crippen LogP contribution in [0.2, 0.25) is 0 Å². The van der Waals surface area contributed by atoms with Gasteiger partial charge in [0, 0.05) is 18.3 Å². The molecule has 0 atom stereocenters. The van der Waals surface area contributed by atoms with Gasteiger partial charge in [-0.2, -0.15) is 0 Å². The Balaban J connectivity index is 2.15. The Labute approximate surface area is 96.1 Å². The van der Waals surface area contributed by atoms with E-state index in [1.54, 1.807) is 0 Å². The maximum Gasteiger partial charge on any atom is 0.338 e. The van der Waals surface area contributed by atoms with Gasteiger partial charge in [-0.3, -0.25) is 4.63 Å². The van der Waals surface area contributed by atoms with Crippen LogP contribution in [-0.2, 0) is 9.47 Å². The van der Waals surface area contributed by atoms with E-state index < -0.39 is 5.97 Å². The Bertz CT molecular complexity index is 536. The molecule has 2 aromatic rings. The van der Waals surface area contributed by atoms with E-state index in [-0.39, 0.29) is 17.0 Å². The number of ether oxygens (including phenoxy) is 2. The van der Waals surface area contributed by atoms with Crippen molar-refractivity contribution in [2.45, 2.75) is 0 Å². The van der Waals surface area contributed by atoms with Crippen LogP contribution in [0.25, 0.3) is 11.0 Å². The van der Waals surface area contributed by atoms with Gasteiger partial charge in [0.25, 0.3) is 0 Å². The minimum Gasteiger partial charge on any atom is -0.460 e. The summed E-state index contributed by atoms with van der Waals surface area (Å²) in [5.74, 6) is -0.496. The van der Waals surface area contributed by atoms with Crippen molar-refractivity contribution in [2.24, 2.45) is 0 Å². The Morgan fingerprint density at radius 2 is 2.35 bits per heavy atom. The first-order valence-corrected chi connectivity index (χ1v) is 4.88. The number of methoxy groups -OCH3 is 1. The first-order chi connectivity index (χ1) is 8.22. The smallest absolute Gasteiger partial charge is 0.338 e. The first-order valence-electron chi connectivity index (χ1n) is 4.88. The van der Waals surface area contributed by atoms with Crippen molar-refractivity contribution in [3.8, 4) is 0 Å². The van der Waals surface area contributed by atoms with E-state index in [0.29, 0.717) is 17.7 Å². The minimum atomic E-state index is -0.496. The number of aromatic nitrogens is 2. The molecule has 0 saturated carbocycles. The van der Waals surface area contributed by atoms with E-state index >= 15 is 0 Å². The van der Waals surface area contributed by atoms with Crippen molar-refractivity contribution in [3.63, 3.8) is 0 Å². The fourth-order valence-corrected chi connectivity index (χ4v) is 1.30. The molecular formula is C10H10N2O5. The van der Waals surface area contributed by atoms with Crippen LogP contribution in [0, 0.1) is 5.21 Å². The lowest BCUT2D eigenvalue weighted by Gasteiger charge is -2.02. The van der Waals surface area contributed by atoms with Gasteiger partial charge in [0.2, 0.25) is 11.0 Å². The molecule has 0 aliphatic carbocycles. The lowest BCUT2D eigenvalue weighted by atomic mass is 10.2. The maximum atomic E-state index is 11.5. The minimum absolute atomic E-state index is 0.174. The van der Waals surface area contributed by atoms with Crippen molar-refractivity contribution in [3.05, 3.63) is 29.0 Å². The summed E-state index contributed by atoms with van der Waals surface area (Å²) in [4.78, 5) is 11.8. The molecule has 0 amide bonds. The summed E-state index contributed by atoms with van der Waals surface area (Å²) in [7, 11) is 1.52. The van der Waals surface area contributed by atoms with E-state index in [2.05, 4.69) is 9.79 Å². The van der Waals surface area contributed by atoms with Crippen LogP contribution in [0.5, 0.6) is 0 Å². The van der Waals surface area contributed by atoms with Gasteiger partial charge in [0.15, 0.2) is 0 Å². The van der Waals surface area contributed by atoms with Crippen LogP contribution in [0.4, 0.5) is 0 Å². The third-order valence-electron chi connectivity index (χ3n) is 2.14. The van der Waals surface area contributed by atoms with Crippen molar-refractivity contribution < 1.29 is 23.8 Å². The summed E-state index contributed by atoms with van der Waals surface area (Å²) < 4.78 is 14.1. The molecule has 0 N–H and O–H groups in total. The van der Waals surface area contributed by atoms with Gasteiger partial charge in [-0.1, -0.05) is 0 Å². The highest BCUT2D eigenvalue weighted by Gasteiger charge is 2.14. The van der Waals surface area contributed by atoms with E-state index in [1.807, 2.05) is 0 Å². The largest absolute Gasteiger partial charge is 0.460 e. The summed E-state index contributed by atoms with van der Waals surface area (Å²) >= 11 is 0. The molecule has 7 heteroatoms. The fraction of sp³-hybridized carbons (Fsp3) is 0.300. The summed E-state index contributed by atoms with van der Waals surface area (Å²) in [6.07, 6.45) is 0. The molecule has 1 heterocycles. The molecule has 0 aliphatic rings. The number of benzene rings is 1. The Morgan fingerprint density at radius 1 is 1.53 bits per heavy atom. The van der Waals surface area contributed by atoms with Gasteiger partial charge in [-0.05, 0) is 17.0 Å². The van der Waals surface area contributed by atoms with Crippen LogP contribution in [-0.4, -0.2) is 31.4 Å². The Kier molecular flexibility index (Phi) is 3.20. The van der Waals surface area contributed by atoms with Crippen molar-refractivity contribution in [2.75, 3.05) is 20.3 Å². The molecule has 7 nitrogen and oxygen atoms in total. The maximum absolute atomic E-state index is 11.5. The van der Waals surface area contributed by atoms with Gasteiger partial charge >= 0.3 is 5.97 Å². The highest BCUT2D eigenvalue weighted by molar-refractivity contribution is 5.92. The summed E-state index contributed by atoms with van der Waals surface area (Å²) in [5.41, 5.74) is 0.877. The molecule has 0 aliphatic heterocycles. The SMILES string of the molecule is COCCOC(=O)c1ccc2c(c1)no[n+]2[O-]. The molecule has 2 rings (SSSR count). The van der Waals surface area contributed by atoms with Gasteiger partial charge < -0.3 is 14.7 Å². The molecular weight excluding hydrogens is 228 g/mol. The average molecular weight is 238 g/mol. The highest BCUT2D eigenvalue weighted by Crippen LogP contribution is 2.11. The second-order valence-electron chi connectivity index (χ2n) is 3.26. The fourth-order valence-electron chi connectivity index (χ4n) is 1.30. The number of hydrogen-bond donors (Lipinski definition) is 0. The number of nitrogens with zero attached hydrogens (tertiary/aromatic N) is 2. The molecule has 17 heavy (non-hydrogen) atoms. The topological polar surface area (TPSA) is 88.5 Å². The molecule has 0 saturated heterocycles. The zero-order valence-corrected chi connectivity index (χ0v) is 9.08. The van der Waals surface area contributed by atoms with E-state index in [1.165, 1.54) is 25.3 Å². The monoisotopic (exact) mass is 238 g/mol. The number of esters is 1. The number of carbonyl (C=O) groups is 1. The predicted octanol–water partition coefficient (Wildman–Crippen LogP) is 0.264. The lowest BCUT2D eigenvalue weighted by molar-refractivity contribution is -0.782. The predicted molar refractivity (Wildman–Crippen MR) is 55.1 cm³/mol. The summed E-state index contributed by atoms with van der Waals surface area (Å²) in [5, 5.41) is 14.5. The van der Waals surface area contributed by atoms with Crippen LogP contribution in [0.1, 0.15) is 10.4 Å². The summed E-state index contributed by atoms with van der Waals surface area (Å²) in [6, 6.07) is 4.36. The zero-order valence-electron chi connectivity index (χ0n) is 9.08. The highest BCUT2D eigenvalue weighted by atomic mass is 16.8. The first kappa shape index (κ1) is 11.3. The van der Waals surface area contributed by atoms with E-state index in [4.69, 9.17) is 9.47 Å². The zero-order chi connectivity index (χ0) is 12.3. The molecule has 90 valence electrons. The molecule has 0 radical (unpaired) electrons. The van der Waals surface area contributed by atoms with E-state index in [0.717, 1.165) is 0 Å². The number of rotatable bonds is 4. The van der Waals surface area contributed by atoms with Gasteiger partial charge in [-0.15, -0.1) is 0 Å². The molecule has 0 fully saturated rings. The second kappa shape index (κ2) is 4.79. The molecule has 0 bridgehead atoms. The Hall–Kier alpha value is -2.15. The number of hydrogen-bond acceptors (Lipinski definition) is 6. The third kappa shape index (κ3) is 2.34.